The Morgan fingerprint density at radius 1 is 1.12 bits per heavy atom. The van der Waals surface area contributed by atoms with Crippen LogP contribution >= 0.6 is 11.6 Å². The predicted octanol–water partition coefficient (Wildman–Crippen LogP) is 3.84. The van der Waals surface area contributed by atoms with Crippen LogP contribution in [-0.2, 0) is 0 Å². The van der Waals surface area contributed by atoms with Gasteiger partial charge in [-0.2, -0.15) is 0 Å². The number of carbonyl (C=O) groups excluding carboxylic acids is 1. The highest BCUT2D eigenvalue weighted by Crippen LogP contribution is 2.35. The van der Waals surface area contributed by atoms with Crippen LogP contribution in [0, 0.1) is 0 Å². The van der Waals surface area contributed by atoms with Crippen LogP contribution in [0.5, 0.6) is 0 Å². The van der Waals surface area contributed by atoms with Crippen LogP contribution in [0.3, 0.4) is 0 Å². The van der Waals surface area contributed by atoms with Crippen molar-refractivity contribution < 1.29 is 14.7 Å². The molecule has 6 heteroatoms. The van der Waals surface area contributed by atoms with Crippen LogP contribution < -0.4 is 4.90 Å². The topological polar surface area (TPSA) is 46.8 Å². The molecule has 0 aromatic heterocycles. The smallest absolute Gasteiger partial charge is 0.313 e. The summed E-state index contributed by atoms with van der Waals surface area (Å²) in [5.41, 5.74) is 0.918. The highest BCUT2D eigenvalue weighted by Gasteiger charge is 2.58. The molecule has 1 unspecified atom stereocenters. The van der Waals surface area contributed by atoms with Crippen molar-refractivity contribution in [1.29, 1.82) is 0 Å². The van der Waals surface area contributed by atoms with E-state index in [1.807, 2.05) is 56.3 Å². The number of amides is 2. The summed E-state index contributed by atoms with van der Waals surface area (Å²) in [6.45, 7) is 3.86. The van der Waals surface area contributed by atoms with Crippen LogP contribution in [0.25, 0.3) is 0 Å². The molecule has 1 aliphatic heterocycles. The monoisotopic (exact) mass is 358 g/mol. The number of carbonyl (C=O) groups is 1. The summed E-state index contributed by atoms with van der Waals surface area (Å²) in [6.07, 6.45) is 1.02. The molecule has 0 saturated carbocycles. The zero-order chi connectivity index (χ0) is 18.2. The number of hydroxylamine groups is 1. The van der Waals surface area contributed by atoms with Gasteiger partial charge in [0.15, 0.2) is 0 Å². The largest absolute Gasteiger partial charge is 0.330 e. The Morgan fingerprint density at radius 2 is 1.72 bits per heavy atom. The lowest BCUT2D eigenvalue weighted by molar-refractivity contribution is -0.798. The molecule has 3 rings (SSSR count). The van der Waals surface area contributed by atoms with E-state index in [0.717, 1.165) is 16.0 Å². The molecule has 0 aliphatic carbocycles. The Morgan fingerprint density at radius 3 is 2.32 bits per heavy atom. The molecule has 1 atom stereocenters. The first-order chi connectivity index (χ1) is 11.8. The Kier molecular flexibility index (Phi) is 4.43. The van der Waals surface area contributed by atoms with Gasteiger partial charge in [-0.05, 0) is 55.0 Å². The minimum atomic E-state index is -0.607. The van der Waals surface area contributed by atoms with Crippen molar-refractivity contribution in [1.82, 2.24) is 4.90 Å². The second-order valence-corrected chi connectivity index (χ2v) is 7.07. The number of para-hydroxylation sites is 1. The molecule has 2 aromatic rings. The summed E-state index contributed by atoms with van der Waals surface area (Å²) in [4.78, 5) is 16.1. The fourth-order valence-corrected chi connectivity index (χ4v) is 3.18. The standard InChI is InChI=1S/C19H21ClN3O2/c1-19(2)17(22(25)13-14-9-11-15(20)12-10-14)23(18(24)21(19)3)16-7-5-4-6-8-16/h4-13,17,25H,1-3H3/q+1. The van der Waals surface area contributed by atoms with Crippen LogP contribution in [0.15, 0.2) is 54.6 Å². The lowest BCUT2D eigenvalue weighted by Gasteiger charge is -2.27. The van der Waals surface area contributed by atoms with E-state index in [-0.39, 0.29) is 6.03 Å². The molecule has 2 amide bonds. The SMILES string of the molecule is CN1C(=O)N(c2ccccc2)C([N+](O)=Cc2ccc(Cl)cc2)C1(C)C. The minimum Gasteiger partial charge on any atom is -0.313 e. The van der Waals surface area contributed by atoms with Gasteiger partial charge in [0.05, 0.1) is 5.69 Å². The number of benzene rings is 2. The lowest BCUT2D eigenvalue weighted by Crippen LogP contribution is -2.51. The van der Waals surface area contributed by atoms with Crippen molar-refractivity contribution in [3.05, 3.63) is 65.2 Å². The van der Waals surface area contributed by atoms with Crippen LogP contribution in [0.4, 0.5) is 10.5 Å². The van der Waals surface area contributed by atoms with E-state index < -0.39 is 11.7 Å². The molecule has 1 fully saturated rings. The zero-order valence-corrected chi connectivity index (χ0v) is 15.2. The van der Waals surface area contributed by atoms with Gasteiger partial charge in [-0.1, -0.05) is 29.8 Å². The third-order valence-corrected chi connectivity index (χ3v) is 4.92. The van der Waals surface area contributed by atoms with E-state index in [1.165, 1.54) is 0 Å². The van der Waals surface area contributed by atoms with Gasteiger partial charge in [0.2, 0.25) is 6.21 Å². The molecule has 0 bridgehead atoms. The zero-order valence-electron chi connectivity index (χ0n) is 14.4. The fourth-order valence-electron chi connectivity index (χ4n) is 3.06. The van der Waals surface area contributed by atoms with E-state index >= 15 is 0 Å². The maximum atomic E-state index is 12.8. The Hall–Kier alpha value is -2.53. The number of halogens is 1. The van der Waals surface area contributed by atoms with E-state index in [1.54, 1.807) is 35.2 Å². The van der Waals surface area contributed by atoms with Crippen molar-refractivity contribution in [3.63, 3.8) is 0 Å². The average Bonchev–Trinajstić information content (AvgIpc) is 2.78. The predicted molar refractivity (Wildman–Crippen MR) is 98.6 cm³/mol. The number of rotatable bonds is 3. The van der Waals surface area contributed by atoms with E-state index in [4.69, 9.17) is 11.6 Å². The van der Waals surface area contributed by atoms with Gasteiger partial charge in [-0.25, -0.2) is 9.69 Å². The Bertz CT molecular complexity index is 803. The quantitative estimate of drug-likeness (QED) is 0.392. The van der Waals surface area contributed by atoms with Gasteiger partial charge in [-0.3, -0.25) is 5.21 Å². The van der Waals surface area contributed by atoms with Gasteiger partial charge >= 0.3 is 12.2 Å². The molecular formula is C19H21ClN3O2+. The van der Waals surface area contributed by atoms with Crippen molar-refractivity contribution in [3.8, 4) is 0 Å². The third kappa shape index (κ3) is 3.07. The van der Waals surface area contributed by atoms with E-state index in [2.05, 4.69) is 0 Å². The fraction of sp³-hybridized carbons (Fsp3) is 0.263. The van der Waals surface area contributed by atoms with Crippen molar-refractivity contribution in [2.24, 2.45) is 0 Å². The molecule has 0 radical (unpaired) electrons. The van der Waals surface area contributed by atoms with Gasteiger partial charge in [-0.15, -0.1) is 0 Å². The third-order valence-electron chi connectivity index (χ3n) is 4.67. The maximum Gasteiger partial charge on any atom is 0.330 e. The number of likely N-dealkylation sites (N-methyl/N-ethyl adjacent to an activating group) is 1. The Labute approximate surface area is 152 Å². The lowest BCUT2D eigenvalue weighted by atomic mass is 10.0. The number of hydrogen-bond acceptors (Lipinski definition) is 2. The molecular weight excluding hydrogens is 338 g/mol. The van der Waals surface area contributed by atoms with Crippen LogP contribution in [-0.4, -0.2) is 45.8 Å². The minimum absolute atomic E-state index is 0.162. The number of nitrogens with zero attached hydrogens (tertiary/aromatic N) is 3. The summed E-state index contributed by atoms with van der Waals surface area (Å²) in [7, 11) is 1.74. The second-order valence-electron chi connectivity index (χ2n) is 6.64. The summed E-state index contributed by atoms with van der Waals surface area (Å²) in [6, 6.07) is 16.3. The average molecular weight is 359 g/mol. The molecule has 0 spiro atoms. The molecule has 1 heterocycles. The van der Waals surface area contributed by atoms with Gasteiger partial charge in [0.1, 0.15) is 5.54 Å². The highest BCUT2D eigenvalue weighted by atomic mass is 35.5. The summed E-state index contributed by atoms with van der Waals surface area (Å²) >= 11 is 5.91. The molecule has 1 aliphatic rings. The van der Waals surface area contributed by atoms with Crippen molar-refractivity contribution >= 4 is 29.5 Å². The van der Waals surface area contributed by atoms with Crippen molar-refractivity contribution in [2.75, 3.05) is 11.9 Å². The number of anilines is 1. The molecule has 1 saturated heterocycles. The number of urea groups is 1. The molecule has 5 nitrogen and oxygen atoms in total. The van der Waals surface area contributed by atoms with Gasteiger partial charge in [0, 0.05) is 17.6 Å². The Balaban J connectivity index is 2.05. The van der Waals surface area contributed by atoms with E-state index in [0.29, 0.717) is 5.02 Å². The highest BCUT2D eigenvalue weighted by molar-refractivity contribution is 6.30. The summed E-state index contributed by atoms with van der Waals surface area (Å²) in [5.74, 6) is 0. The van der Waals surface area contributed by atoms with Crippen molar-refractivity contribution in [2.45, 2.75) is 25.6 Å². The van der Waals surface area contributed by atoms with Crippen LogP contribution in [0.1, 0.15) is 19.4 Å². The summed E-state index contributed by atoms with van der Waals surface area (Å²) < 4.78 is 1.09. The molecule has 2 aromatic carbocycles. The molecule has 25 heavy (non-hydrogen) atoms. The first-order valence-electron chi connectivity index (χ1n) is 8.02. The molecule has 130 valence electrons. The molecule has 1 N–H and O–H groups in total. The summed E-state index contributed by atoms with van der Waals surface area (Å²) in [5, 5.41) is 11.4. The van der Waals surface area contributed by atoms with Gasteiger partial charge < -0.3 is 4.90 Å². The normalized spacial score (nSPS) is 20.2. The van der Waals surface area contributed by atoms with Gasteiger partial charge in [0.25, 0.3) is 0 Å². The first-order valence-corrected chi connectivity index (χ1v) is 8.40. The maximum absolute atomic E-state index is 12.8. The van der Waals surface area contributed by atoms with Crippen LogP contribution in [0.2, 0.25) is 5.02 Å². The number of hydrogen-bond donors (Lipinski definition) is 1. The first kappa shape index (κ1) is 17.3. The second kappa shape index (κ2) is 6.41. The van der Waals surface area contributed by atoms with E-state index in [9.17, 15) is 10.0 Å².